The number of thiophene rings is 1. The predicted molar refractivity (Wildman–Crippen MR) is 105 cm³/mol. The van der Waals surface area contributed by atoms with Gasteiger partial charge in [-0.05, 0) is 19.1 Å². The van der Waals surface area contributed by atoms with Crippen LogP contribution in [0.3, 0.4) is 0 Å². The first kappa shape index (κ1) is 21.4. The first-order valence-electron chi connectivity index (χ1n) is 8.43. The Morgan fingerprint density at radius 3 is 2.37 bits per heavy atom. The van der Waals surface area contributed by atoms with Crippen LogP contribution in [0.2, 0.25) is 0 Å². The number of aromatic hydroxyl groups is 1. The zero-order valence-corrected chi connectivity index (χ0v) is 16.7. The van der Waals surface area contributed by atoms with Crippen molar-refractivity contribution in [3.8, 4) is 5.75 Å². The number of furan rings is 1. The number of nitrogens with zero attached hydrogens (tertiary/aromatic N) is 1. The summed E-state index contributed by atoms with van der Waals surface area (Å²) in [4.78, 5) is 37.1. The van der Waals surface area contributed by atoms with Crippen molar-refractivity contribution in [3.63, 3.8) is 0 Å². The molecular weight excluding hydrogens is 427 g/mol. The maximum Gasteiger partial charge on any atom is 0.415 e. The van der Waals surface area contributed by atoms with Gasteiger partial charge in [-0.15, -0.1) is 11.3 Å². The average Bonchev–Trinajstić information content (AvgIpc) is 3.24. The molecule has 12 heteroatoms. The Labute approximate surface area is 171 Å². The average molecular weight is 443 g/mol. The third-order valence-corrected chi connectivity index (χ3v) is 5.15. The second-order valence-electron chi connectivity index (χ2n) is 6.63. The highest BCUT2D eigenvalue weighted by Gasteiger charge is 2.44. The molecule has 8 nitrogen and oxygen atoms in total. The summed E-state index contributed by atoms with van der Waals surface area (Å²) < 4.78 is 45.5. The topological polar surface area (TPSA) is 112 Å². The molecule has 1 aromatic carbocycles. The molecule has 160 valence electrons. The van der Waals surface area contributed by atoms with E-state index < -0.39 is 51.9 Å². The van der Waals surface area contributed by atoms with Crippen LogP contribution in [-0.4, -0.2) is 36.2 Å². The highest BCUT2D eigenvalue weighted by molar-refractivity contribution is 7.13. The lowest BCUT2D eigenvalue weighted by Crippen LogP contribution is -2.40. The number of anilines is 3. The van der Waals surface area contributed by atoms with Gasteiger partial charge in [0, 0.05) is 19.5 Å². The number of hydrogen-bond donors (Lipinski definition) is 3. The van der Waals surface area contributed by atoms with Crippen molar-refractivity contribution in [2.24, 2.45) is 0 Å². The molecule has 0 bridgehead atoms. The summed E-state index contributed by atoms with van der Waals surface area (Å²) in [5, 5.41) is 16.0. The Balaban J connectivity index is 1.92. The molecule has 0 spiro atoms. The monoisotopic (exact) mass is 443 g/mol. The van der Waals surface area contributed by atoms with Gasteiger partial charge in [-0.25, -0.2) is 0 Å². The van der Waals surface area contributed by atoms with Crippen molar-refractivity contribution in [1.29, 1.82) is 0 Å². The van der Waals surface area contributed by atoms with Crippen molar-refractivity contribution in [3.05, 3.63) is 54.4 Å². The van der Waals surface area contributed by atoms with Crippen LogP contribution in [0.4, 0.5) is 30.2 Å². The largest absolute Gasteiger partial charge is 0.504 e. The number of nitrogens with one attached hydrogen (secondary N) is 2. The van der Waals surface area contributed by atoms with Gasteiger partial charge in [0.1, 0.15) is 27.8 Å². The van der Waals surface area contributed by atoms with E-state index in [2.05, 4.69) is 5.32 Å². The Morgan fingerprint density at radius 2 is 1.83 bits per heavy atom. The lowest BCUT2D eigenvalue weighted by molar-refractivity contribution is -0.147. The quantitative estimate of drug-likeness (QED) is 0.502. The molecule has 0 aliphatic carbocycles. The van der Waals surface area contributed by atoms with E-state index in [-0.39, 0.29) is 16.3 Å². The molecule has 0 unspecified atom stereocenters. The Hall–Kier alpha value is -3.28. The van der Waals surface area contributed by atoms with E-state index in [0.29, 0.717) is 0 Å². The standard InChI is InChI=1S/C18H16F3N3O5S/c1-7-4-5-9(29-7)16(18(19,20)21)23-11-10(13(26)14(11)27)22-8-6-30-15(12(8)25)17(28)24(2)3/h4-6,16,22-23,25H,1-3H3/t16-/m0/s1. The molecule has 2 heterocycles. The van der Waals surface area contributed by atoms with Gasteiger partial charge in [0.25, 0.3) is 16.8 Å². The van der Waals surface area contributed by atoms with E-state index >= 15 is 0 Å². The molecule has 3 N–H and O–H groups in total. The van der Waals surface area contributed by atoms with E-state index in [0.717, 1.165) is 17.4 Å². The van der Waals surface area contributed by atoms with Gasteiger partial charge < -0.3 is 25.1 Å². The van der Waals surface area contributed by atoms with Crippen LogP contribution in [-0.2, 0) is 0 Å². The summed E-state index contributed by atoms with van der Waals surface area (Å²) in [6.07, 6.45) is -4.82. The fourth-order valence-electron chi connectivity index (χ4n) is 2.65. The summed E-state index contributed by atoms with van der Waals surface area (Å²) in [5.41, 5.74) is -3.33. The smallest absolute Gasteiger partial charge is 0.415 e. The fraction of sp³-hybridized carbons (Fsp3) is 0.278. The Kier molecular flexibility index (Phi) is 5.37. The lowest BCUT2D eigenvalue weighted by atomic mass is 10.1. The number of amides is 1. The molecule has 2 aromatic heterocycles. The van der Waals surface area contributed by atoms with Crippen LogP contribution in [0.25, 0.3) is 0 Å². The minimum absolute atomic E-state index is 0.0325. The van der Waals surface area contributed by atoms with E-state index in [1.54, 1.807) is 0 Å². The molecule has 1 amide bonds. The maximum atomic E-state index is 13.5. The second kappa shape index (κ2) is 7.52. The van der Waals surface area contributed by atoms with Gasteiger partial charge in [0.2, 0.25) is 0 Å². The van der Waals surface area contributed by atoms with Crippen molar-refractivity contribution in [2.75, 3.05) is 24.7 Å². The van der Waals surface area contributed by atoms with Gasteiger partial charge in [-0.1, -0.05) is 0 Å². The van der Waals surface area contributed by atoms with E-state index in [4.69, 9.17) is 4.42 Å². The van der Waals surface area contributed by atoms with Gasteiger partial charge >= 0.3 is 6.18 Å². The first-order chi connectivity index (χ1) is 13.9. The number of aryl methyl sites for hydroxylation is 1. The second-order valence-corrected chi connectivity index (χ2v) is 7.51. The summed E-state index contributed by atoms with van der Waals surface area (Å²) in [7, 11) is 2.95. The highest BCUT2D eigenvalue weighted by atomic mass is 32.1. The fourth-order valence-corrected chi connectivity index (χ4v) is 3.56. The summed E-state index contributed by atoms with van der Waals surface area (Å²) in [6, 6.07) is 0.0872. The van der Waals surface area contributed by atoms with Gasteiger partial charge in [-0.3, -0.25) is 14.4 Å². The molecule has 30 heavy (non-hydrogen) atoms. The molecule has 0 saturated heterocycles. The molecule has 3 aromatic rings. The zero-order chi connectivity index (χ0) is 22.4. The van der Waals surface area contributed by atoms with E-state index in [9.17, 15) is 32.7 Å². The number of rotatable bonds is 6. The maximum absolute atomic E-state index is 13.5. The van der Waals surface area contributed by atoms with Crippen LogP contribution in [0.5, 0.6) is 5.75 Å². The van der Waals surface area contributed by atoms with Crippen LogP contribution >= 0.6 is 11.3 Å². The van der Waals surface area contributed by atoms with Crippen LogP contribution < -0.4 is 21.5 Å². The highest BCUT2D eigenvalue weighted by Crippen LogP contribution is 2.40. The number of carbonyl (C=O) groups is 1. The van der Waals surface area contributed by atoms with Crippen molar-refractivity contribution < 1.29 is 27.5 Å². The third kappa shape index (κ3) is 3.77. The minimum atomic E-state index is -4.82. The Bertz CT molecular complexity index is 1170. The number of alkyl halides is 3. The third-order valence-electron chi connectivity index (χ3n) is 4.20. The molecule has 3 rings (SSSR count). The normalized spacial score (nSPS) is 12.7. The number of halogens is 3. The summed E-state index contributed by atoms with van der Waals surface area (Å²) in [5.74, 6) is -1.21. The van der Waals surface area contributed by atoms with Crippen molar-refractivity contribution >= 4 is 34.3 Å². The summed E-state index contributed by atoms with van der Waals surface area (Å²) in [6.45, 7) is 1.47. The number of carbonyl (C=O) groups excluding carboxylic acids is 1. The van der Waals surface area contributed by atoms with E-state index in [1.165, 1.54) is 37.4 Å². The lowest BCUT2D eigenvalue weighted by Gasteiger charge is -2.23. The zero-order valence-electron chi connectivity index (χ0n) is 15.9. The van der Waals surface area contributed by atoms with Crippen LogP contribution in [0.1, 0.15) is 27.2 Å². The molecule has 0 aliphatic heterocycles. The van der Waals surface area contributed by atoms with Crippen LogP contribution in [0, 0.1) is 6.92 Å². The molecule has 0 fully saturated rings. The number of hydrogen-bond acceptors (Lipinski definition) is 8. The Morgan fingerprint density at radius 1 is 1.20 bits per heavy atom. The van der Waals surface area contributed by atoms with Gasteiger partial charge in [0.15, 0.2) is 11.8 Å². The van der Waals surface area contributed by atoms with Gasteiger partial charge in [-0.2, -0.15) is 13.2 Å². The van der Waals surface area contributed by atoms with E-state index in [1.807, 2.05) is 5.32 Å². The molecule has 0 saturated carbocycles. The van der Waals surface area contributed by atoms with Crippen LogP contribution in [0.15, 0.2) is 31.5 Å². The van der Waals surface area contributed by atoms with Crippen molar-refractivity contribution in [2.45, 2.75) is 19.1 Å². The summed E-state index contributed by atoms with van der Waals surface area (Å²) >= 11 is 0.872. The van der Waals surface area contributed by atoms with Gasteiger partial charge in [0.05, 0.1) is 5.69 Å². The molecule has 1 atom stereocenters. The SMILES string of the molecule is Cc1ccc([C@H](Nc2c(Nc3csc(C(=O)N(C)C)c3O)c(=O)c2=O)C(F)(F)F)o1. The molecule has 0 aliphatic rings. The first-order valence-corrected chi connectivity index (χ1v) is 9.31. The van der Waals surface area contributed by atoms with Crippen molar-refractivity contribution in [1.82, 2.24) is 4.90 Å². The predicted octanol–water partition coefficient (Wildman–Crippen LogP) is 3.11. The minimum Gasteiger partial charge on any atom is -0.504 e. The molecular formula is C18H16F3N3O5S. The molecule has 0 radical (unpaired) electrons.